The normalized spacial score (nSPS) is 10.7. The van der Waals surface area contributed by atoms with Crippen LogP contribution < -0.4 is 10.6 Å². The minimum Gasteiger partial charge on any atom is -0.508 e. The molecule has 0 saturated carbocycles. The molecule has 22 heavy (non-hydrogen) atoms. The molecule has 0 aliphatic heterocycles. The van der Waals surface area contributed by atoms with Crippen LogP contribution >= 0.6 is 0 Å². The highest BCUT2D eigenvalue weighted by Gasteiger charge is 2.23. The molecule has 0 fully saturated rings. The molecule has 1 heterocycles. The number of aryl methyl sites for hydroxylation is 1. The molecule has 0 bridgehead atoms. The van der Waals surface area contributed by atoms with Crippen molar-refractivity contribution in [2.45, 2.75) is 27.2 Å². The van der Waals surface area contributed by atoms with Gasteiger partial charge in [0.25, 0.3) is 0 Å². The first-order valence-electron chi connectivity index (χ1n) is 7.54. The molecule has 1 aromatic carbocycles. The van der Waals surface area contributed by atoms with E-state index < -0.39 is 0 Å². The molecule has 4 N–H and O–H groups in total. The Morgan fingerprint density at radius 2 is 1.82 bits per heavy atom. The van der Waals surface area contributed by atoms with Gasteiger partial charge in [-0.1, -0.05) is 6.92 Å². The summed E-state index contributed by atoms with van der Waals surface area (Å²) >= 11 is 0. The van der Waals surface area contributed by atoms with Gasteiger partial charge in [0.1, 0.15) is 17.4 Å². The second-order valence-electron chi connectivity index (χ2n) is 5.01. The third-order valence-electron chi connectivity index (χ3n) is 3.70. The van der Waals surface area contributed by atoms with Crippen molar-refractivity contribution in [3.63, 3.8) is 0 Å². The summed E-state index contributed by atoms with van der Waals surface area (Å²) in [6.45, 7) is 7.72. The average molecular weight is 301 g/mol. The monoisotopic (exact) mass is 301 g/mol. The predicted octanol–water partition coefficient (Wildman–Crippen LogP) is 2.27. The summed E-state index contributed by atoms with van der Waals surface area (Å²) in [6.07, 6.45) is 0.703. The molecule has 0 radical (unpaired) electrons. The zero-order valence-corrected chi connectivity index (χ0v) is 13.3. The van der Waals surface area contributed by atoms with Crippen molar-refractivity contribution in [2.24, 2.45) is 5.73 Å². The summed E-state index contributed by atoms with van der Waals surface area (Å²) in [7, 11) is 0. The minimum absolute atomic E-state index is 0.0313. The van der Waals surface area contributed by atoms with Gasteiger partial charge in [0, 0.05) is 13.1 Å². The molecular weight excluding hydrogens is 278 g/mol. The number of nitrogens with zero attached hydrogens (tertiary/aromatic N) is 3. The number of phenols is 1. The van der Waals surface area contributed by atoms with Crippen molar-refractivity contribution in [3.8, 4) is 11.4 Å². The first kappa shape index (κ1) is 15.9. The first-order chi connectivity index (χ1) is 10.5. The van der Waals surface area contributed by atoms with Crippen molar-refractivity contribution < 1.29 is 5.11 Å². The Balaban J connectivity index is 2.71. The topological polar surface area (TPSA) is 91.2 Å². The van der Waals surface area contributed by atoms with E-state index in [-0.39, 0.29) is 11.6 Å². The Bertz CT molecular complexity index is 656. The van der Waals surface area contributed by atoms with Crippen LogP contribution in [0, 0.1) is 5.41 Å². The van der Waals surface area contributed by atoms with Crippen LogP contribution in [-0.2, 0) is 6.42 Å². The summed E-state index contributed by atoms with van der Waals surface area (Å²) in [5.41, 5.74) is 8.15. The quantitative estimate of drug-likeness (QED) is 0.564. The summed E-state index contributed by atoms with van der Waals surface area (Å²) in [4.78, 5) is 2.13. The minimum atomic E-state index is 0.0313. The van der Waals surface area contributed by atoms with Crippen LogP contribution in [0.3, 0.4) is 0 Å². The maximum absolute atomic E-state index is 9.47. The lowest BCUT2D eigenvalue weighted by atomic mass is 10.1. The predicted molar refractivity (Wildman–Crippen MR) is 89.2 cm³/mol. The Hall–Kier alpha value is -2.50. The molecule has 0 aliphatic rings. The number of anilines is 1. The van der Waals surface area contributed by atoms with Gasteiger partial charge in [0.05, 0.1) is 16.9 Å². The molecule has 0 atom stereocenters. The first-order valence-corrected chi connectivity index (χ1v) is 7.54. The number of nitrogens with one attached hydrogen (secondary N) is 1. The lowest BCUT2D eigenvalue weighted by Gasteiger charge is -2.23. The molecule has 2 aromatic rings. The number of nitrogen functional groups attached to an aromatic ring is 1. The van der Waals surface area contributed by atoms with Crippen LogP contribution in [0.25, 0.3) is 5.69 Å². The van der Waals surface area contributed by atoms with Gasteiger partial charge >= 0.3 is 0 Å². The average Bonchev–Trinajstić information content (AvgIpc) is 2.89. The number of aromatic nitrogens is 2. The van der Waals surface area contributed by atoms with E-state index >= 15 is 0 Å². The molecule has 2 rings (SSSR count). The Morgan fingerprint density at radius 3 is 2.27 bits per heavy atom. The smallest absolute Gasteiger partial charge is 0.143 e. The van der Waals surface area contributed by atoms with Gasteiger partial charge in [-0.3, -0.25) is 5.41 Å². The third-order valence-corrected chi connectivity index (χ3v) is 3.70. The SMILES string of the molecule is CCc1nn(-c2ccc(O)cc2)c(N(CC)CC)c1C(=N)N. The Morgan fingerprint density at radius 1 is 1.23 bits per heavy atom. The fourth-order valence-corrected chi connectivity index (χ4v) is 2.57. The summed E-state index contributed by atoms with van der Waals surface area (Å²) < 4.78 is 1.81. The van der Waals surface area contributed by atoms with E-state index in [2.05, 4.69) is 23.8 Å². The molecule has 118 valence electrons. The van der Waals surface area contributed by atoms with E-state index in [0.29, 0.717) is 12.0 Å². The van der Waals surface area contributed by atoms with Gasteiger partial charge in [-0.2, -0.15) is 5.10 Å². The van der Waals surface area contributed by atoms with Gasteiger partial charge in [-0.15, -0.1) is 0 Å². The molecule has 0 amide bonds. The van der Waals surface area contributed by atoms with Gasteiger partial charge in [-0.25, -0.2) is 4.68 Å². The van der Waals surface area contributed by atoms with E-state index in [1.807, 2.05) is 11.6 Å². The number of hydrogen-bond donors (Lipinski definition) is 3. The number of hydrogen-bond acceptors (Lipinski definition) is 4. The second kappa shape index (κ2) is 6.51. The third kappa shape index (κ3) is 2.77. The molecule has 1 aromatic heterocycles. The summed E-state index contributed by atoms with van der Waals surface area (Å²) in [5, 5.41) is 22.0. The molecule has 0 saturated heterocycles. The molecule has 0 aliphatic carbocycles. The van der Waals surface area contributed by atoms with Crippen LogP contribution in [0.4, 0.5) is 5.82 Å². The fraction of sp³-hybridized carbons (Fsp3) is 0.375. The summed E-state index contributed by atoms with van der Waals surface area (Å²) in [5.74, 6) is 1.08. The zero-order valence-electron chi connectivity index (χ0n) is 13.3. The fourth-order valence-electron chi connectivity index (χ4n) is 2.57. The van der Waals surface area contributed by atoms with Crippen LogP contribution in [0.5, 0.6) is 5.75 Å². The van der Waals surface area contributed by atoms with Gasteiger partial charge in [0.2, 0.25) is 0 Å². The van der Waals surface area contributed by atoms with E-state index in [9.17, 15) is 5.11 Å². The number of aromatic hydroxyl groups is 1. The Kier molecular flexibility index (Phi) is 4.70. The van der Waals surface area contributed by atoms with E-state index in [0.717, 1.165) is 30.3 Å². The van der Waals surface area contributed by atoms with Crippen LogP contribution in [-0.4, -0.2) is 33.8 Å². The van der Waals surface area contributed by atoms with Crippen molar-refractivity contribution >= 4 is 11.7 Å². The number of amidine groups is 1. The van der Waals surface area contributed by atoms with Gasteiger partial charge in [0.15, 0.2) is 0 Å². The molecule has 6 heteroatoms. The van der Waals surface area contributed by atoms with Crippen LogP contribution in [0.15, 0.2) is 24.3 Å². The number of benzene rings is 1. The highest BCUT2D eigenvalue weighted by atomic mass is 16.3. The highest BCUT2D eigenvalue weighted by Crippen LogP contribution is 2.28. The van der Waals surface area contributed by atoms with Gasteiger partial charge < -0.3 is 15.7 Å². The van der Waals surface area contributed by atoms with Crippen molar-refractivity contribution in [3.05, 3.63) is 35.5 Å². The molecule has 0 spiro atoms. The Labute approximate surface area is 130 Å². The maximum Gasteiger partial charge on any atom is 0.143 e. The van der Waals surface area contributed by atoms with Crippen LogP contribution in [0.2, 0.25) is 0 Å². The molecule has 6 nitrogen and oxygen atoms in total. The molecular formula is C16H23N5O. The lowest BCUT2D eigenvalue weighted by molar-refractivity contribution is 0.475. The molecule has 0 unspecified atom stereocenters. The number of nitrogens with two attached hydrogens (primary N) is 1. The van der Waals surface area contributed by atoms with Crippen molar-refractivity contribution in [1.82, 2.24) is 9.78 Å². The largest absolute Gasteiger partial charge is 0.508 e. The highest BCUT2D eigenvalue weighted by molar-refractivity contribution is 6.01. The number of rotatable bonds is 6. The zero-order chi connectivity index (χ0) is 16.3. The van der Waals surface area contributed by atoms with Gasteiger partial charge in [-0.05, 0) is 44.5 Å². The van der Waals surface area contributed by atoms with E-state index in [1.165, 1.54) is 0 Å². The second-order valence-corrected chi connectivity index (χ2v) is 5.01. The standard InChI is InChI=1S/C16H23N5O/c1-4-13-14(15(17)18)16(20(5-2)6-3)21(19-13)11-7-9-12(22)10-8-11/h7-10,22H,4-6H2,1-3H3,(H3,17,18). The van der Waals surface area contributed by atoms with Crippen LogP contribution in [0.1, 0.15) is 32.0 Å². The van der Waals surface area contributed by atoms with Crippen molar-refractivity contribution in [1.29, 1.82) is 5.41 Å². The van der Waals surface area contributed by atoms with E-state index in [4.69, 9.17) is 11.1 Å². The summed E-state index contributed by atoms with van der Waals surface area (Å²) in [6, 6.07) is 6.86. The number of phenolic OH excluding ortho intramolecular Hbond substituents is 1. The maximum atomic E-state index is 9.47. The lowest BCUT2D eigenvalue weighted by Crippen LogP contribution is -2.28. The van der Waals surface area contributed by atoms with Crippen molar-refractivity contribution in [2.75, 3.05) is 18.0 Å². The van der Waals surface area contributed by atoms with E-state index in [1.54, 1.807) is 24.3 Å².